The molecule has 1 rings (SSSR count). The third kappa shape index (κ3) is 3.33. The standard InChI is InChI=1S/C8H14N2O/c1-2-9-3-4-10-5-7-11-8-6-10/h1,3-8H2. The lowest BCUT2D eigenvalue weighted by Gasteiger charge is -2.25. The number of hydrogen-bond acceptors (Lipinski definition) is 3. The van der Waals surface area contributed by atoms with Gasteiger partial charge in [-0.3, -0.25) is 4.90 Å². The maximum Gasteiger partial charge on any atom is 0.0611 e. The fourth-order valence-electron chi connectivity index (χ4n) is 1.10. The first-order valence-electron chi connectivity index (χ1n) is 3.92. The number of rotatable bonds is 3. The molecule has 1 fully saturated rings. The van der Waals surface area contributed by atoms with Crippen molar-refractivity contribution >= 4 is 5.87 Å². The van der Waals surface area contributed by atoms with Gasteiger partial charge in [0.15, 0.2) is 0 Å². The predicted molar refractivity (Wildman–Crippen MR) is 45.2 cm³/mol. The molecule has 0 unspecified atom stereocenters. The van der Waals surface area contributed by atoms with Gasteiger partial charge in [-0.2, -0.15) is 0 Å². The topological polar surface area (TPSA) is 24.8 Å². The van der Waals surface area contributed by atoms with Crippen LogP contribution in [0.1, 0.15) is 0 Å². The van der Waals surface area contributed by atoms with Crippen LogP contribution in [0, 0.1) is 0 Å². The van der Waals surface area contributed by atoms with Crippen molar-refractivity contribution in [3.63, 3.8) is 0 Å². The highest BCUT2D eigenvalue weighted by molar-refractivity contribution is 5.46. The lowest BCUT2D eigenvalue weighted by atomic mass is 10.4. The van der Waals surface area contributed by atoms with Crippen molar-refractivity contribution in [3.8, 4) is 0 Å². The lowest BCUT2D eigenvalue weighted by Crippen LogP contribution is -2.37. The van der Waals surface area contributed by atoms with Crippen LogP contribution in [-0.2, 0) is 4.74 Å². The van der Waals surface area contributed by atoms with Crippen LogP contribution in [0.5, 0.6) is 0 Å². The zero-order valence-corrected chi connectivity index (χ0v) is 6.75. The van der Waals surface area contributed by atoms with Crippen LogP contribution in [0.4, 0.5) is 0 Å². The molecule has 0 radical (unpaired) electrons. The molecule has 1 aliphatic heterocycles. The number of hydrogen-bond donors (Lipinski definition) is 0. The van der Waals surface area contributed by atoms with Gasteiger partial charge in [0.1, 0.15) is 0 Å². The molecule has 0 bridgehead atoms. The fraction of sp³-hybridized carbons (Fsp3) is 0.750. The van der Waals surface area contributed by atoms with Gasteiger partial charge >= 0.3 is 0 Å². The Morgan fingerprint density at radius 1 is 1.45 bits per heavy atom. The van der Waals surface area contributed by atoms with E-state index in [0.717, 1.165) is 39.4 Å². The molecule has 0 aromatic rings. The van der Waals surface area contributed by atoms with E-state index >= 15 is 0 Å². The van der Waals surface area contributed by atoms with Crippen LogP contribution < -0.4 is 0 Å². The fourth-order valence-corrected chi connectivity index (χ4v) is 1.10. The van der Waals surface area contributed by atoms with E-state index in [1.54, 1.807) is 0 Å². The van der Waals surface area contributed by atoms with Crippen molar-refractivity contribution < 1.29 is 4.74 Å². The van der Waals surface area contributed by atoms with E-state index in [9.17, 15) is 0 Å². The second kappa shape index (κ2) is 5.08. The van der Waals surface area contributed by atoms with Crippen molar-refractivity contribution in [2.75, 3.05) is 39.4 Å². The van der Waals surface area contributed by atoms with Crippen LogP contribution in [0.3, 0.4) is 0 Å². The zero-order chi connectivity index (χ0) is 7.94. The molecule has 0 atom stereocenters. The minimum atomic E-state index is 0.809. The smallest absolute Gasteiger partial charge is 0.0611 e. The van der Waals surface area contributed by atoms with Crippen LogP contribution in [0.25, 0.3) is 0 Å². The van der Waals surface area contributed by atoms with Crippen LogP contribution in [0.15, 0.2) is 11.6 Å². The summed E-state index contributed by atoms with van der Waals surface area (Å²) in [5.41, 5.74) is 0. The molecule has 0 saturated carbocycles. The molecule has 1 aliphatic rings. The summed E-state index contributed by atoms with van der Waals surface area (Å²) in [6.45, 7) is 9.01. The highest BCUT2D eigenvalue weighted by Gasteiger charge is 2.08. The van der Waals surface area contributed by atoms with Gasteiger partial charge in [-0.15, -0.1) is 0 Å². The first-order chi connectivity index (χ1) is 5.43. The molecular weight excluding hydrogens is 140 g/mol. The van der Waals surface area contributed by atoms with Crippen molar-refractivity contribution in [2.45, 2.75) is 0 Å². The highest BCUT2D eigenvalue weighted by Crippen LogP contribution is 1.94. The molecule has 0 spiro atoms. The Morgan fingerprint density at radius 2 is 2.18 bits per heavy atom. The number of ether oxygens (including phenoxy) is 1. The molecule has 1 saturated heterocycles. The Kier molecular flexibility index (Phi) is 3.91. The molecule has 62 valence electrons. The summed E-state index contributed by atoms with van der Waals surface area (Å²) >= 11 is 0. The zero-order valence-electron chi connectivity index (χ0n) is 6.75. The van der Waals surface area contributed by atoms with Gasteiger partial charge in [0, 0.05) is 19.6 Å². The number of morpholine rings is 1. The summed E-state index contributed by atoms with van der Waals surface area (Å²) in [6.07, 6.45) is 0. The van der Waals surface area contributed by atoms with Crippen molar-refractivity contribution in [3.05, 3.63) is 6.58 Å². The highest BCUT2D eigenvalue weighted by atomic mass is 16.5. The molecule has 1 heterocycles. The molecule has 0 aromatic heterocycles. The Labute approximate surface area is 67.4 Å². The molecule has 3 nitrogen and oxygen atoms in total. The summed E-state index contributed by atoms with van der Waals surface area (Å²) in [6, 6.07) is 0. The first kappa shape index (κ1) is 8.47. The van der Waals surface area contributed by atoms with Gasteiger partial charge in [-0.1, -0.05) is 0 Å². The van der Waals surface area contributed by atoms with Gasteiger partial charge < -0.3 is 4.74 Å². The number of nitrogens with zero attached hydrogens (tertiary/aromatic N) is 2. The van der Waals surface area contributed by atoms with Gasteiger partial charge in [0.2, 0.25) is 0 Å². The van der Waals surface area contributed by atoms with E-state index in [1.807, 2.05) is 0 Å². The van der Waals surface area contributed by atoms with Gasteiger partial charge in [-0.05, 0) is 12.4 Å². The van der Waals surface area contributed by atoms with Crippen molar-refractivity contribution in [1.82, 2.24) is 4.90 Å². The minimum absolute atomic E-state index is 0.809. The van der Waals surface area contributed by atoms with Crippen molar-refractivity contribution in [1.29, 1.82) is 0 Å². The van der Waals surface area contributed by atoms with Gasteiger partial charge in [-0.25, -0.2) is 4.99 Å². The van der Waals surface area contributed by atoms with Gasteiger partial charge in [0.25, 0.3) is 0 Å². The molecule has 0 N–H and O–H groups in total. The molecule has 3 heteroatoms. The van der Waals surface area contributed by atoms with E-state index in [-0.39, 0.29) is 0 Å². The summed E-state index contributed by atoms with van der Waals surface area (Å²) in [4.78, 5) is 6.26. The SMILES string of the molecule is C=C=NCCN1CCOCC1. The first-order valence-corrected chi connectivity index (χ1v) is 3.92. The summed E-state index contributed by atoms with van der Waals surface area (Å²) in [7, 11) is 0. The molecule has 0 aromatic carbocycles. The van der Waals surface area contributed by atoms with E-state index in [0.29, 0.717) is 0 Å². The summed E-state index contributed by atoms with van der Waals surface area (Å²) < 4.78 is 5.21. The molecule has 0 amide bonds. The van der Waals surface area contributed by atoms with Gasteiger partial charge in [0.05, 0.1) is 19.8 Å². The second-order valence-corrected chi connectivity index (χ2v) is 2.49. The Morgan fingerprint density at radius 3 is 2.82 bits per heavy atom. The second-order valence-electron chi connectivity index (χ2n) is 2.49. The molecule has 11 heavy (non-hydrogen) atoms. The summed E-state index contributed by atoms with van der Waals surface area (Å²) in [5.74, 6) is 2.52. The third-order valence-corrected chi connectivity index (χ3v) is 1.74. The molecule has 0 aliphatic carbocycles. The molecular formula is C8H14N2O. The van der Waals surface area contributed by atoms with E-state index in [4.69, 9.17) is 4.74 Å². The Bertz CT molecular complexity index is 146. The largest absolute Gasteiger partial charge is 0.379 e. The average molecular weight is 154 g/mol. The Hall–Kier alpha value is -0.630. The number of aliphatic imine (C=N–C) groups is 1. The maximum absolute atomic E-state index is 5.21. The third-order valence-electron chi connectivity index (χ3n) is 1.74. The van der Waals surface area contributed by atoms with E-state index < -0.39 is 0 Å². The quantitative estimate of drug-likeness (QED) is 0.541. The van der Waals surface area contributed by atoms with Crippen molar-refractivity contribution in [2.24, 2.45) is 4.99 Å². The Balaban J connectivity index is 2.09. The predicted octanol–water partition coefficient (Wildman–Crippen LogP) is 0.174. The van der Waals surface area contributed by atoms with Crippen LogP contribution in [-0.4, -0.2) is 50.2 Å². The summed E-state index contributed by atoms with van der Waals surface area (Å²) in [5, 5.41) is 0. The van der Waals surface area contributed by atoms with Crippen LogP contribution in [0.2, 0.25) is 0 Å². The minimum Gasteiger partial charge on any atom is -0.379 e. The monoisotopic (exact) mass is 154 g/mol. The lowest BCUT2D eigenvalue weighted by molar-refractivity contribution is 0.0395. The normalized spacial score (nSPS) is 19.3. The van der Waals surface area contributed by atoms with E-state index in [1.165, 1.54) is 0 Å². The maximum atomic E-state index is 5.21. The van der Waals surface area contributed by atoms with E-state index in [2.05, 4.69) is 22.3 Å². The van der Waals surface area contributed by atoms with Crippen LogP contribution >= 0.6 is 0 Å². The average Bonchev–Trinajstić information content (AvgIpc) is 2.07.